The molecule has 2 nitrogen and oxygen atoms in total. The van der Waals surface area contributed by atoms with Gasteiger partial charge in [-0.05, 0) is 31.0 Å². The summed E-state index contributed by atoms with van der Waals surface area (Å²) in [5.41, 5.74) is -2.77. The molecule has 0 saturated heterocycles. The minimum absolute atomic E-state index is 0.0863. The minimum atomic E-state index is -7.46. The third-order valence-electron chi connectivity index (χ3n) is 4.83. The van der Waals surface area contributed by atoms with Gasteiger partial charge in [-0.3, -0.25) is 0 Å². The molecule has 0 N–H and O–H groups in total. The van der Waals surface area contributed by atoms with Gasteiger partial charge in [-0.25, -0.2) is 0 Å². The summed E-state index contributed by atoms with van der Waals surface area (Å²) < 4.78 is 156. The van der Waals surface area contributed by atoms with Crippen molar-refractivity contribution in [1.29, 1.82) is 0 Å². The van der Waals surface area contributed by atoms with Gasteiger partial charge in [0.15, 0.2) is 0 Å². The van der Waals surface area contributed by atoms with Crippen LogP contribution in [0.15, 0.2) is 24.3 Å². The van der Waals surface area contributed by atoms with E-state index < -0.39 is 41.9 Å². The van der Waals surface area contributed by atoms with Crippen LogP contribution in [-0.4, -0.2) is 43.6 Å². The highest BCUT2D eigenvalue weighted by molar-refractivity contribution is 5.33. The first kappa shape index (κ1) is 28.2. The summed E-state index contributed by atoms with van der Waals surface area (Å²) >= 11 is 0. The van der Waals surface area contributed by atoms with E-state index in [4.69, 9.17) is 9.47 Å². The summed E-state index contributed by atoms with van der Waals surface area (Å²) in [6.45, 7) is 2.82. The molecular formula is C19H21F11O2. The van der Waals surface area contributed by atoms with Gasteiger partial charge in [0.1, 0.15) is 5.75 Å². The number of benzene rings is 1. The first-order chi connectivity index (χ1) is 14.3. The fourth-order valence-electron chi connectivity index (χ4n) is 2.68. The number of unbranched alkanes of at least 4 members (excludes halogenated alkanes) is 1. The molecule has 0 spiro atoms. The average Bonchev–Trinajstić information content (AvgIpc) is 2.66. The number of methoxy groups -OCH3 is 1. The van der Waals surface area contributed by atoms with E-state index in [1.165, 1.54) is 12.1 Å². The van der Waals surface area contributed by atoms with E-state index in [1.807, 2.05) is 6.92 Å². The highest BCUT2D eigenvalue weighted by Crippen LogP contribution is 2.59. The van der Waals surface area contributed by atoms with Crippen molar-refractivity contribution in [1.82, 2.24) is 0 Å². The molecule has 1 aromatic rings. The standard InChI is InChI=1S/C19H21F11O2/c1-4-5-9-32-13-8-6-7-12(10-13)14(2,31-3)11-15(20,21)16(22,23)17(24,25)18(26,27)19(28,29)30/h6-8,10H,4-5,9,11H2,1-3H3. The second-order valence-electron chi connectivity index (χ2n) is 7.27. The first-order valence-electron chi connectivity index (χ1n) is 9.17. The van der Waals surface area contributed by atoms with Gasteiger partial charge in [0, 0.05) is 7.11 Å². The zero-order chi connectivity index (χ0) is 25.2. The number of hydrogen-bond acceptors (Lipinski definition) is 2. The van der Waals surface area contributed by atoms with Crippen LogP contribution in [0.3, 0.4) is 0 Å². The molecule has 1 unspecified atom stereocenters. The molecule has 1 rings (SSSR count). The third-order valence-corrected chi connectivity index (χ3v) is 4.83. The lowest BCUT2D eigenvalue weighted by Crippen LogP contribution is -2.67. The molecule has 13 heteroatoms. The maximum Gasteiger partial charge on any atom is 0.460 e. The minimum Gasteiger partial charge on any atom is -0.494 e. The molecule has 32 heavy (non-hydrogen) atoms. The summed E-state index contributed by atoms with van der Waals surface area (Å²) in [6.07, 6.45) is -8.19. The topological polar surface area (TPSA) is 18.5 Å². The molecule has 0 heterocycles. The van der Waals surface area contributed by atoms with Crippen LogP contribution in [0.1, 0.15) is 38.7 Å². The van der Waals surface area contributed by atoms with Gasteiger partial charge >= 0.3 is 29.9 Å². The van der Waals surface area contributed by atoms with Gasteiger partial charge in [0.2, 0.25) is 0 Å². The average molecular weight is 490 g/mol. The molecular weight excluding hydrogens is 469 g/mol. The predicted octanol–water partition coefficient (Wildman–Crippen LogP) is 7.22. The van der Waals surface area contributed by atoms with Crippen LogP contribution in [0, 0.1) is 0 Å². The van der Waals surface area contributed by atoms with Crippen LogP contribution in [0.2, 0.25) is 0 Å². The molecule has 0 aromatic heterocycles. The SMILES string of the molecule is CCCCOc1cccc(C(C)(CC(F)(F)C(F)(F)C(F)(F)C(F)(F)C(F)(F)F)OC)c1. The van der Waals surface area contributed by atoms with E-state index in [2.05, 4.69) is 0 Å². The summed E-state index contributed by atoms with van der Waals surface area (Å²) in [4.78, 5) is 0. The quantitative estimate of drug-likeness (QED) is 0.241. The van der Waals surface area contributed by atoms with Gasteiger partial charge < -0.3 is 9.47 Å². The lowest BCUT2D eigenvalue weighted by Gasteiger charge is -2.40. The van der Waals surface area contributed by atoms with Crippen molar-refractivity contribution in [2.24, 2.45) is 0 Å². The molecule has 1 aromatic carbocycles. The van der Waals surface area contributed by atoms with Crippen molar-refractivity contribution < 1.29 is 57.8 Å². The zero-order valence-electron chi connectivity index (χ0n) is 17.1. The molecule has 0 aliphatic carbocycles. The van der Waals surface area contributed by atoms with Crippen LogP contribution in [0.4, 0.5) is 48.3 Å². The molecule has 1 atom stereocenters. The monoisotopic (exact) mass is 490 g/mol. The Morgan fingerprint density at radius 3 is 1.84 bits per heavy atom. The second-order valence-corrected chi connectivity index (χ2v) is 7.27. The largest absolute Gasteiger partial charge is 0.494 e. The lowest BCUT2D eigenvalue weighted by atomic mass is 9.84. The van der Waals surface area contributed by atoms with Crippen LogP contribution in [0.25, 0.3) is 0 Å². The van der Waals surface area contributed by atoms with Gasteiger partial charge in [-0.15, -0.1) is 0 Å². The summed E-state index contributed by atoms with van der Waals surface area (Å²) in [5.74, 6) is -27.9. The van der Waals surface area contributed by atoms with Crippen molar-refractivity contribution in [3.63, 3.8) is 0 Å². The number of ether oxygens (including phenoxy) is 2. The molecule has 0 aliphatic rings. The van der Waals surface area contributed by atoms with Gasteiger partial charge in [-0.1, -0.05) is 25.5 Å². The van der Waals surface area contributed by atoms with Crippen LogP contribution in [-0.2, 0) is 10.3 Å². The fourth-order valence-corrected chi connectivity index (χ4v) is 2.68. The zero-order valence-corrected chi connectivity index (χ0v) is 17.1. The van der Waals surface area contributed by atoms with E-state index in [0.29, 0.717) is 6.42 Å². The van der Waals surface area contributed by atoms with E-state index in [-0.39, 0.29) is 17.9 Å². The highest BCUT2D eigenvalue weighted by atomic mass is 19.4. The van der Waals surface area contributed by atoms with Crippen molar-refractivity contribution in [3.05, 3.63) is 29.8 Å². The Balaban J connectivity index is 3.35. The van der Waals surface area contributed by atoms with Gasteiger partial charge in [0.25, 0.3) is 0 Å². The maximum absolute atomic E-state index is 14.3. The summed E-state index contributed by atoms with van der Waals surface area (Å²) in [6, 6.07) is 4.79. The summed E-state index contributed by atoms with van der Waals surface area (Å²) in [5, 5.41) is 0. The Morgan fingerprint density at radius 1 is 0.812 bits per heavy atom. The van der Waals surface area contributed by atoms with Crippen LogP contribution in [0.5, 0.6) is 5.75 Å². The molecule has 0 bridgehead atoms. The molecule has 0 fully saturated rings. The summed E-state index contributed by atoms with van der Waals surface area (Å²) in [7, 11) is 0.751. The molecule has 0 amide bonds. The van der Waals surface area contributed by atoms with Crippen molar-refractivity contribution in [2.45, 2.75) is 68.6 Å². The number of halogens is 11. The van der Waals surface area contributed by atoms with E-state index >= 15 is 0 Å². The van der Waals surface area contributed by atoms with E-state index in [0.717, 1.165) is 32.6 Å². The molecule has 0 aliphatic heterocycles. The normalized spacial score (nSPS) is 16.1. The van der Waals surface area contributed by atoms with Crippen LogP contribution < -0.4 is 4.74 Å². The Morgan fingerprint density at radius 2 is 1.38 bits per heavy atom. The Labute approximate surface area is 176 Å². The van der Waals surface area contributed by atoms with Crippen molar-refractivity contribution in [3.8, 4) is 5.75 Å². The molecule has 186 valence electrons. The van der Waals surface area contributed by atoms with E-state index in [9.17, 15) is 48.3 Å². The predicted molar refractivity (Wildman–Crippen MR) is 91.7 cm³/mol. The van der Waals surface area contributed by atoms with Crippen molar-refractivity contribution in [2.75, 3.05) is 13.7 Å². The van der Waals surface area contributed by atoms with E-state index in [1.54, 1.807) is 0 Å². The highest BCUT2D eigenvalue weighted by Gasteiger charge is 2.87. The Hall–Kier alpha value is -1.79. The second kappa shape index (κ2) is 9.22. The smallest absolute Gasteiger partial charge is 0.460 e. The lowest BCUT2D eigenvalue weighted by molar-refractivity contribution is -0.424. The molecule has 0 saturated carbocycles. The fraction of sp³-hybridized carbons (Fsp3) is 0.684. The maximum atomic E-state index is 14.3. The number of rotatable bonds is 11. The van der Waals surface area contributed by atoms with Crippen molar-refractivity contribution >= 4 is 0 Å². The third kappa shape index (κ3) is 5.07. The molecule has 0 radical (unpaired) electrons. The Kier molecular flexibility index (Phi) is 8.14. The van der Waals surface area contributed by atoms with Gasteiger partial charge in [-0.2, -0.15) is 48.3 Å². The number of alkyl halides is 11. The first-order valence-corrected chi connectivity index (χ1v) is 9.17. The van der Waals surface area contributed by atoms with Crippen LogP contribution >= 0.6 is 0 Å². The Bertz CT molecular complexity index is 762. The number of hydrogen-bond donors (Lipinski definition) is 0. The van der Waals surface area contributed by atoms with Gasteiger partial charge in [0.05, 0.1) is 18.6 Å².